The van der Waals surface area contributed by atoms with Gasteiger partial charge < -0.3 is 4.42 Å². The van der Waals surface area contributed by atoms with Crippen molar-refractivity contribution in [3.8, 4) is 17.5 Å². The minimum atomic E-state index is -4.10. The van der Waals surface area contributed by atoms with Gasteiger partial charge >= 0.3 is 0 Å². The first-order valence-corrected chi connectivity index (χ1v) is 7.97. The van der Waals surface area contributed by atoms with Crippen molar-refractivity contribution < 1.29 is 17.2 Å². The summed E-state index contributed by atoms with van der Waals surface area (Å²) in [6.45, 7) is 0. The molecule has 0 saturated carbocycles. The maximum absolute atomic E-state index is 13.0. The van der Waals surface area contributed by atoms with Crippen molar-refractivity contribution in [2.75, 3.05) is 0 Å². The van der Waals surface area contributed by atoms with E-state index in [1.165, 1.54) is 0 Å². The molecule has 1 aromatic heterocycles. The van der Waals surface area contributed by atoms with Gasteiger partial charge in [-0.05, 0) is 36.4 Å². The summed E-state index contributed by atoms with van der Waals surface area (Å²) in [4.78, 5) is 3.75. The van der Waals surface area contributed by atoms with Crippen LogP contribution in [0.2, 0.25) is 0 Å². The summed E-state index contributed by atoms with van der Waals surface area (Å²) < 4.78 is 43.4. The molecule has 0 N–H and O–H groups in total. The minimum Gasteiger partial charge on any atom is -0.423 e. The van der Waals surface area contributed by atoms with E-state index in [0.717, 1.165) is 24.3 Å². The maximum Gasteiger partial charge on any atom is 0.261 e. The van der Waals surface area contributed by atoms with Crippen LogP contribution in [-0.4, -0.2) is 13.4 Å². The first-order chi connectivity index (χ1) is 11.0. The van der Waals surface area contributed by atoms with Gasteiger partial charge in [-0.1, -0.05) is 18.2 Å². The summed E-state index contributed by atoms with van der Waals surface area (Å²) in [5.41, 5.74) is 0.206. The Morgan fingerprint density at radius 2 is 1.70 bits per heavy atom. The number of nitriles is 1. The van der Waals surface area contributed by atoms with Gasteiger partial charge in [0.1, 0.15) is 11.9 Å². The quantitative estimate of drug-likeness (QED) is 0.689. The number of nitrogens with zero attached hydrogens (tertiary/aromatic N) is 2. The fourth-order valence-corrected chi connectivity index (χ4v) is 3.23. The molecule has 0 unspecified atom stereocenters. The lowest BCUT2D eigenvalue weighted by Crippen LogP contribution is -2.02. The normalized spacial score (nSPS) is 11.1. The average Bonchev–Trinajstić information content (AvgIpc) is 3.01. The highest BCUT2D eigenvalue weighted by Gasteiger charge is 2.28. The largest absolute Gasteiger partial charge is 0.423 e. The predicted molar refractivity (Wildman–Crippen MR) is 78.5 cm³/mol. The van der Waals surface area contributed by atoms with Crippen LogP contribution in [0.1, 0.15) is 5.69 Å². The number of oxazole rings is 1. The van der Waals surface area contributed by atoms with Crippen LogP contribution in [0.3, 0.4) is 0 Å². The van der Waals surface area contributed by atoms with E-state index < -0.39 is 20.7 Å². The third kappa shape index (κ3) is 2.72. The molecule has 0 amide bonds. The minimum absolute atomic E-state index is 0.0304. The Hall–Kier alpha value is -2.98. The van der Waals surface area contributed by atoms with Crippen molar-refractivity contribution in [2.24, 2.45) is 0 Å². The van der Waals surface area contributed by atoms with E-state index >= 15 is 0 Å². The highest BCUT2D eigenvalue weighted by molar-refractivity contribution is 7.91. The van der Waals surface area contributed by atoms with E-state index in [4.69, 9.17) is 9.68 Å². The van der Waals surface area contributed by atoms with E-state index in [-0.39, 0.29) is 16.5 Å². The molecule has 114 valence electrons. The number of aromatic nitrogens is 1. The Balaban J connectivity index is 2.14. The van der Waals surface area contributed by atoms with Crippen LogP contribution >= 0.6 is 0 Å². The molecule has 1 heterocycles. The van der Waals surface area contributed by atoms with Gasteiger partial charge in [0.25, 0.3) is 5.09 Å². The smallest absolute Gasteiger partial charge is 0.261 e. The monoisotopic (exact) mass is 328 g/mol. The van der Waals surface area contributed by atoms with Crippen molar-refractivity contribution in [2.45, 2.75) is 9.99 Å². The van der Waals surface area contributed by atoms with E-state index in [0.29, 0.717) is 5.56 Å². The zero-order chi connectivity index (χ0) is 16.4. The molecule has 23 heavy (non-hydrogen) atoms. The van der Waals surface area contributed by atoms with Gasteiger partial charge in [-0.2, -0.15) is 10.2 Å². The molecule has 0 aliphatic carbocycles. The van der Waals surface area contributed by atoms with E-state index in [9.17, 15) is 12.8 Å². The van der Waals surface area contributed by atoms with Crippen molar-refractivity contribution in [3.63, 3.8) is 0 Å². The SMILES string of the molecule is N#Cc1nc(-c2ccccc2)oc1S(=O)(=O)c1ccc(F)cc1. The van der Waals surface area contributed by atoms with Gasteiger partial charge in [0.2, 0.25) is 15.7 Å². The van der Waals surface area contributed by atoms with E-state index in [1.54, 1.807) is 36.4 Å². The van der Waals surface area contributed by atoms with Crippen molar-refractivity contribution in [1.29, 1.82) is 5.26 Å². The summed E-state index contributed by atoms with van der Waals surface area (Å²) >= 11 is 0. The van der Waals surface area contributed by atoms with Gasteiger partial charge in [-0.15, -0.1) is 0 Å². The van der Waals surface area contributed by atoms with Crippen LogP contribution in [0.25, 0.3) is 11.5 Å². The Kier molecular flexibility index (Phi) is 3.68. The van der Waals surface area contributed by atoms with Crippen LogP contribution < -0.4 is 0 Å². The Bertz CT molecular complexity index is 988. The predicted octanol–water partition coefficient (Wildman–Crippen LogP) is 3.19. The molecule has 2 aromatic carbocycles. The lowest BCUT2D eigenvalue weighted by Gasteiger charge is -2.01. The van der Waals surface area contributed by atoms with Gasteiger partial charge in [-0.3, -0.25) is 0 Å². The maximum atomic E-state index is 13.0. The summed E-state index contributed by atoms with van der Waals surface area (Å²) in [7, 11) is -4.10. The molecule has 3 aromatic rings. The second kappa shape index (κ2) is 5.66. The van der Waals surface area contributed by atoms with Gasteiger partial charge in [0, 0.05) is 5.56 Å². The van der Waals surface area contributed by atoms with Crippen molar-refractivity contribution in [1.82, 2.24) is 4.98 Å². The third-order valence-corrected chi connectivity index (χ3v) is 4.75. The summed E-state index contributed by atoms with van der Waals surface area (Å²) in [6.07, 6.45) is 0. The second-order valence-corrected chi connectivity index (χ2v) is 6.44. The molecule has 0 spiro atoms. The second-order valence-electron chi connectivity index (χ2n) is 4.59. The lowest BCUT2D eigenvalue weighted by atomic mass is 10.2. The first-order valence-electron chi connectivity index (χ1n) is 6.49. The van der Waals surface area contributed by atoms with E-state index in [2.05, 4.69) is 4.98 Å². The third-order valence-electron chi connectivity index (χ3n) is 3.09. The molecular formula is C16H9FN2O3S. The fraction of sp³-hybridized carbons (Fsp3) is 0. The summed E-state index contributed by atoms with van der Waals surface area (Å²) in [6, 6.07) is 14.6. The molecule has 0 fully saturated rings. The van der Waals surface area contributed by atoms with Crippen LogP contribution in [0.15, 0.2) is 69.0 Å². The Labute approximate surface area is 131 Å². The number of benzene rings is 2. The van der Waals surface area contributed by atoms with Crippen LogP contribution in [-0.2, 0) is 9.84 Å². The van der Waals surface area contributed by atoms with Crippen molar-refractivity contribution in [3.05, 3.63) is 66.1 Å². The van der Waals surface area contributed by atoms with Crippen LogP contribution in [0.5, 0.6) is 0 Å². The topological polar surface area (TPSA) is 84.0 Å². The van der Waals surface area contributed by atoms with Crippen LogP contribution in [0.4, 0.5) is 4.39 Å². The standard InChI is InChI=1S/C16H9FN2O3S/c17-12-6-8-13(9-7-12)23(20,21)16-14(10-18)19-15(22-16)11-4-2-1-3-5-11/h1-9H. The van der Waals surface area contributed by atoms with Crippen molar-refractivity contribution >= 4 is 9.84 Å². The number of rotatable bonds is 3. The molecule has 0 aliphatic heterocycles. The van der Waals surface area contributed by atoms with Crippen LogP contribution in [0, 0.1) is 17.1 Å². The number of sulfone groups is 1. The van der Waals surface area contributed by atoms with E-state index in [1.807, 2.05) is 0 Å². The molecule has 5 nitrogen and oxygen atoms in total. The average molecular weight is 328 g/mol. The van der Waals surface area contributed by atoms with Gasteiger partial charge in [0.05, 0.1) is 4.90 Å². The Morgan fingerprint density at radius 1 is 1.04 bits per heavy atom. The highest BCUT2D eigenvalue weighted by Crippen LogP contribution is 2.29. The molecular weight excluding hydrogens is 319 g/mol. The summed E-state index contributed by atoms with van der Waals surface area (Å²) in [5.74, 6) is -0.533. The van der Waals surface area contributed by atoms with Gasteiger partial charge in [0.15, 0.2) is 5.69 Å². The summed E-state index contributed by atoms with van der Waals surface area (Å²) in [5, 5.41) is 8.59. The molecule has 0 aliphatic rings. The zero-order valence-electron chi connectivity index (χ0n) is 11.6. The molecule has 0 atom stereocenters. The first kappa shape index (κ1) is 14.9. The van der Waals surface area contributed by atoms with Gasteiger partial charge in [-0.25, -0.2) is 12.8 Å². The molecule has 0 radical (unpaired) electrons. The zero-order valence-corrected chi connectivity index (χ0v) is 12.4. The molecule has 0 bridgehead atoms. The molecule has 0 saturated heterocycles. The lowest BCUT2D eigenvalue weighted by molar-refractivity contribution is 0.457. The molecule has 7 heteroatoms. The number of halogens is 1. The highest BCUT2D eigenvalue weighted by atomic mass is 32.2. The number of hydrogen-bond acceptors (Lipinski definition) is 5. The fourth-order valence-electron chi connectivity index (χ4n) is 1.98. The molecule has 3 rings (SSSR count). The number of hydrogen-bond donors (Lipinski definition) is 0. The Morgan fingerprint density at radius 3 is 2.30 bits per heavy atom.